The van der Waals surface area contributed by atoms with Gasteiger partial charge in [0.25, 0.3) is 0 Å². The summed E-state index contributed by atoms with van der Waals surface area (Å²) in [5.74, 6) is 0.299. The number of rotatable bonds is 0. The number of phenolic OH excluding ortho intramolecular Hbond substituents is 1. The van der Waals surface area contributed by atoms with E-state index in [1.807, 2.05) is 0 Å². The van der Waals surface area contributed by atoms with E-state index in [2.05, 4.69) is 15.9 Å². The molecular formula is C6H5BrGdO. The molecule has 0 saturated carbocycles. The van der Waals surface area contributed by atoms with Crippen molar-refractivity contribution in [2.45, 2.75) is 0 Å². The minimum Gasteiger partial charge on any atom is -0.508 e. The molecule has 0 unspecified atom stereocenters. The molecule has 0 fully saturated rings. The van der Waals surface area contributed by atoms with Crippen LogP contribution in [0.3, 0.4) is 0 Å². The predicted molar refractivity (Wildman–Crippen MR) is 35.8 cm³/mol. The zero-order valence-corrected chi connectivity index (χ0v) is 8.34. The molecule has 0 spiro atoms. The van der Waals surface area contributed by atoms with Crippen molar-refractivity contribution in [3.8, 4) is 5.75 Å². The second kappa shape index (κ2) is 4.61. The number of halogens is 1. The molecule has 0 heterocycles. The van der Waals surface area contributed by atoms with E-state index in [0.717, 1.165) is 4.47 Å². The Kier molecular flexibility index (Phi) is 5.03. The summed E-state index contributed by atoms with van der Waals surface area (Å²) < 4.78 is 0.982. The van der Waals surface area contributed by atoms with Gasteiger partial charge in [-0.05, 0) is 24.3 Å². The molecule has 0 saturated heterocycles. The van der Waals surface area contributed by atoms with E-state index in [1.165, 1.54) is 0 Å². The Hall–Kier alpha value is 0.825. The van der Waals surface area contributed by atoms with E-state index in [9.17, 15) is 0 Å². The Bertz CT molecular complexity index is 152. The van der Waals surface area contributed by atoms with Crippen LogP contribution in [-0.4, -0.2) is 5.11 Å². The summed E-state index contributed by atoms with van der Waals surface area (Å²) in [7, 11) is 0. The molecule has 0 bridgehead atoms. The zero-order valence-electron chi connectivity index (χ0n) is 4.49. The van der Waals surface area contributed by atoms with Gasteiger partial charge in [-0.2, -0.15) is 0 Å². The molecule has 0 aliphatic rings. The second-order valence-corrected chi connectivity index (χ2v) is 2.39. The van der Waals surface area contributed by atoms with E-state index < -0.39 is 0 Å². The van der Waals surface area contributed by atoms with Crippen molar-refractivity contribution in [3.05, 3.63) is 28.7 Å². The number of hydrogen-bond acceptors (Lipinski definition) is 1. The molecule has 0 aromatic heterocycles. The van der Waals surface area contributed by atoms with Crippen LogP contribution in [0.5, 0.6) is 5.75 Å². The third-order valence-electron chi connectivity index (χ3n) is 0.827. The Morgan fingerprint density at radius 3 is 1.89 bits per heavy atom. The monoisotopic (exact) mass is 330 g/mol. The fourth-order valence-corrected chi connectivity index (χ4v) is 0.705. The van der Waals surface area contributed by atoms with Crippen LogP contribution in [0.2, 0.25) is 0 Å². The SMILES string of the molecule is Oc1ccc(Br)cc1.[Gd]. The quantitative estimate of drug-likeness (QED) is 0.773. The van der Waals surface area contributed by atoms with Crippen LogP contribution < -0.4 is 0 Å². The first-order valence-corrected chi connectivity index (χ1v) is 3.03. The van der Waals surface area contributed by atoms with E-state index in [1.54, 1.807) is 24.3 Å². The van der Waals surface area contributed by atoms with Crippen LogP contribution >= 0.6 is 15.9 Å². The summed E-state index contributed by atoms with van der Waals surface area (Å²) in [6, 6.07) is 6.83. The summed E-state index contributed by atoms with van der Waals surface area (Å²) in [5.41, 5.74) is 0. The van der Waals surface area contributed by atoms with Crippen molar-refractivity contribution in [1.82, 2.24) is 0 Å². The summed E-state index contributed by atoms with van der Waals surface area (Å²) in [5, 5.41) is 8.74. The molecule has 1 nitrogen and oxygen atoms in total. The molecule has 50 valence electrons. The average Bonchev–Trinajstić information content (AvgIpc) is 1.77. The van der Waals surface area contributed by atoms with Crippen molar-refractivity contribution in [2.24, 2.45) is 0 Å². The first-order chi connectivity index (χ1) is 3.79. The van der Waals surface area contributed by atoms with Gasteiger partial charge >= 0.3 is 0 Å². The van der Waals surface area contributed by atoms with Crippen LogP contribution in [-0.2, 0) is 0 Å². The molecule has 0 atom stereocenters. The number of aromatic hydroxyl groups is 1. The number of phenols is 1. The maximum Gasteiger partial charge on any atom is 0.115 e. The molecule has 1 aromatic rings. The van der Waals surface area contributed by atoms with Crippen LogP contribution in [0.4, 0.5) is 0 Å². The van der Waals surface area contributed by atoms with Gasteiger partial charge in [-0.15, -0.1) is 0 Å². The van der Waals surface area contributed by atoms with Crippen molar-refractivity contribution in [3.63, 3.8) is 0 Å². The first-order valence-electron chi connectivity index (χ1n) is 2.23. The van der Waals surface area contributed by atoms with Crippen LogP contribution in [0, 0.1) is 39.9 Å². The summed E-state index contributed by atoms with van der Waals surface area (Å²) in [6.07, 6.45) is 0. The fraction of sp³-hybridized carbons (Fsp3) is 0. The third kappa shape index (κ3) is 3.51. The summed E-state index contributed by atoms with van der Waals surface area (Å²) in [6.45, 7) is 0. The van der Waals surface area contributed by atoms with Gasteiger partial charge in [-0.25, -0.2) is 0 Å². The molecule has 1 rings (SSSR count). The maximum atomic E-state index is 8.74. The molecule has 1 aromatic carbocycles. The van der Waals surface area contributed by atoms with Crippen LogP contribution in [0.15, 0.2) is 28.7 Å². The smallest absolute Gasteiger partial charge is 0.115 e. The largest absolute Gasteiger partial charge is 0.508 e. The Balaban J connectivity index is 0.000000640. The van der Waals surface area contributed by atoms with Crippen molar-refractivity contribution in [2.75, 3.05) is 0 Å². The fourth-order valence-electron chi connectivity index (χ4n) is 0.441. The number of benzene rings is 1. The zero-order chi connectivity index (χ0) is 5.98. The molecule has 1 N–H and O–H groups in total. The van der Waals surface area contributed by atoms with Gasteiger partial charge in [0.2, 0.25) is 0 Å². The van der Waals surface area contributed by atoms with Crippen LogP contribution in [0.1, 0.15) is 0 Å². The van der Waals surface area contributed by atoms with Gasteiger partial charge in [0.05, 0.1) is 0 Å². The summed E-state index contributed by atoms with van der Waals surface area (Å²) in [4.78, 5) is 0. The molecule has 0 aliphatic heterocycles. The minimum absolute atomic E-state index is 0. The molecular weight excluding hydrogens is 325 g/mol. The van der Waals surface area contributed by atoms with E-state index >= 15 is 0 Å². The first kappa shape index (κ1) is 9.82. The average molecular weight is 330 g/mol. The normalized spacial score (nSPS) is 8.11. The van der Waals surface area contributed by atoms with Gasteiger partial charge in [-0.3, -0.25) is 0 Å². The molecule has 0 amide bonds. The topological polar surface area (TPSA) is 20.2 Å². The molecule has 0 aliphatic carbocycles. The van der Waals surface area contributed by atoms with Gasteiger partial charge in [0, 0.05) is 44.4 Å². The number of hydrogen-bond donors (Lipinski definition) is 1. The summed E-state index contributed by atoms with van der Waals surface area (Å²) >= 11 is 3.23. The maximum absolute atomic E-state index is 8.74. The Labute approximate surface area is 94.3 Å². The van der Waals surface area contributed by atoms with E-state index in [0.29, 0.717) is 5.75 Å². The van der Waals surface area contributed by atoms with Gasteiger partial charge < -0.3 is 5.11 Å². The van der Waals surface area contributed by atoms with Crippen molar-refractivity contribution >= 4 is 15.9 Å². The molecule has 9 heavy (non-hydrogen) atoms. The van der Waals surface area contributed by atoms with Crippen molar-refractivity contribution < 1.29 is 45.0 Å². The van der Waals surface area contributed by atoms with E-state index in [-0.39, 0.29) is 39.9 Å². The van der Waals surface area contributed by atoms with Gasteiger partial charge in [0.1, 0.15) is 5.75 Å². The molecule has 0 radical (unpaired) electrons. The van der Waals surface area contributed by atoms with Gasteiger partial charge in [0.15, 0.2) is 0 Å². The van der Waals surface area contributed by atoms with E-state index in [4.69, 9.17) is 5.11 Å². The Morgan fingerprint density at radius 1 is 1.11 bits per heavy atom. The standard InChI is InChI=1S/C6H5BrO.Gd/c7-5-1-3-6(8)4-2-5;/h1-4,8H;. The molecule has 3 heteroatoms. The third-order valence-corrected chi connectivity index (χ3v) is 1.36. The van der Waals surface area contributed by atoms with Crippen molar-refractivity contribution in [1.29, 1.82) is 0 Å². The van der Waals surface area contributed by atoms with Gasteiger partial charge in [-0.1, -0.05) is 15.9 Å². The minimum atomic E-state index is 0. The predicted octanol–water partition coefficient (Wildman–Crippen LogP) is 2.15. The Morgan fingerprint density at radius 2 is 1.56 bits per heavy atom. The van der Waals surface area contributed by atoms with Crippen LogP contribution in [0.25, 0.3) is 0 Å². The second-order valence-electron chi connectivity index (χ2n) is 1.48.